The molecular weight excluding hydrogens is 328 g/mol. The van der Waals surface area contributed by atoms with Crippen molar-refractivity contribution in [3.05, 3.63) is 12.0 Å². The molecule has 0 aromatic carbocycles. The highest BCUT2D eigenvalue weighted by Crippen LogP contribution is 2.17. The molecule has 142 valence electrons. The number of amides is 2. The summed E-state index contributed by atoms with van der Waals surface area (Å²) < 4.78 is 10.8. The van der Waals surface area contributed by atoms with Crippen molar-refractivity contribution in [3.63, 3.8) is 0 Å². The first-order chi connectivity index (χ1) is 11.7. The molecule has 0 radical (unpaired) electrons. The number of carbonyl (C=O) groups is 2. The van der Waals surface area contributed by atoms with Crippen molar-refractivity contribution in [2.45, 2.75) is 33.3 Å². The maximum absolute atomic E-state index is 11.9. The molecule has 0 atom stereocenters. The van der Waals surface area contributed by atoms with Gasteiger partial charge in [0.2, 0.25) is 6.41 Å². The topological polar surface area (TPSA) is 88.4 Å². The first-order valence-corrected chi connectivity index (χ1v) is 8.04. The molecule has 0 aliphatic carbocycles. The molecule has 2 rings (SSSR count). The third kappa shape index (κ3) is 7.42. The summed E-state index contributed by atoms with van der Waals surface area (Å²) in [5.41, 5.74) is -0.450. The average Bonchev–Trinajstić information content (AvgIpc) is 2.99. The monoisotopic (exact) mass is 356 g/mol. The highest BCUT2D eigenvalue weighted by molar-refractivity contribution is 5.68. The van der Waals surface area contributed by atoms with Crippen LogP contribution < -0.4 is 4.90 Å². The number of oxazole rings is 1. The van der Waals surface area contributed by atoms with Gasteiger partial charge in [-0.2, -0.15) is 0 Å². The van der Waals surface area contributed by atoms with Crippen molar-refractivity contribution in [2.75, 3.05) is 45.2 Å². The lowest BCUT2D eigenvalue weighted by Crippen LogP contribution is -2.50. The smallest absolute Gasteiger partial charge is 0.410 e. The maximum Gasteiger partial charge on any atom is 0.410 e. The average molecular weight is 356 g/mol. The van der Waals surface area contributed by atoms with Crippen molar-refractivity contribution in [2.24, 2.45) is 0 Å². The second-order valence-electron chi connectivity index (χ2n) is 6.54. The normalized spacial score (nSPS) is 14.5. The molecule has 0 spiro atoms. The highest BCUT2D eigenvalue weighted by Gasteiger charge is 2.27. The van der Waals surface area contributed by atoms with Crippen LogP contribution in [0, 0.1) is 6.92 Å². The number of hydroxylamine groups is 2. The van der Waals surface area contributed by atoms with Gasteiger partial charge in [0.15, 0.2) is 0 Å². The fourth-order valence-electron chi connectivity index (χ4n) is 1.94. The number of nitrogens with zero attached hydrogens (tertiary/aromatic N) is 4. The molecule has 1 aromatic rings. The summed E-state index contributed by atoms with van der Waals surface area (Å²) >= 11 is 0. The van der Waals surface area contributed by atoms with Gasteiger partial charge in [0.05, 0.1) is 13.3 Å². The molecule has 1 saturated heterocycles. The van der Waals surface area contributed by atoms with E-state index in [1.54, 1.807) is 11.1 Å². The van der Waals surface area contributed by atoms with Crippen LogP contribution in [-0.2, 0) is 14.4 Å². The van der Waals surface area contributed by atoms with E-state index in [1.807, 2.05) is 32.6 Å². The molecule has 9 nitrogen and oxygen atoms in total. The quantitative estimate of drug-likeness (QED) is 0.601. The predicted octanol–water partition coefficient (Wildman–Crippen LogP) is 1.68. The zero-order valence-corrected chi connectivity index (χ0v) is 15.8. The lowest BCUT2D eigenvalue weighted by atomic mass is 10.2. The van der Waals surface area contributed by atoms with Gasteiger partial charge in [-0.15, -0.1) is 0 Å². The van der Waals surface area contributed by atoms with E-state index in [0.29, 0.717) is 38.6 Å². The number of aromatic nitrogens is 1. The van der Waals surface area contributed by atoms with Gasteiger partial charge in [-0.05, 0) is 27.7 Å². The summed E-state index contributed by atoms with van der Waals surface area (Å²) in [6.45, 7) is 10.1. The summed E-state index contributed by atoms with van der Waals surface area (Å²) in [7, 11) is 2.95. The van der Waals surface area contributed by atoms with Crippen molar-refractivity contribution in [3.8, 4) is 0 Å². The van der Waals surface area contributed by atoms with Crippen LogP contribution in [0.1, 0.15) is 26.5 Å². The summed E-state index contributed by atoms with van der Waals surface area (Å²) in [5, 5.41) is 1.07. The Kier molecular flexibility index (Phi) is 7.69. The van der Waals surface area contributed by atoms with E-state index in [1.165, 1.54) is 14.2 Å². The number of hydrogen-bond acceptors (Lipinski definition) is 7. The Morgan fingerprint density at radius 1 is 1.32 bits per heavy atom. The van der Waals surface area contributed by atoms with Gasteiger partial charge >= 0.3 is 6.09 Å². The van der Waals surface area contributed by atoms with Crippen LogP contribution in [0.15, 0.2) is 10.6 Å². The number of anilines is 1. The Labute approximate surface area is 148 Å². The van der Waals surface area contributed by atoms with Gasteiger partial charge in [-0.3, -0.25) is 9.63 Å². The van der Waals surface area contributed by atoms with Crippen molar-refractivity contribution in [1.82, 2.24) is 14.9 Å². The van der Waals surface area contributed by atoms with Crippen LogP contribution in [0.25, 0.3) is 0 Å². The molecular formula is C16H28N4O5. The Morgan fingerprint density at radius 3 is 2.28 bits per heavy atom. The Morgan fingerprint density at radius 2 is 1.92 bits per heavy atom. The van der Waals surface area contributed by atoms with Gasteiger partial charge < -0.3 is 19.0 Å². The van der Waals surface area contributed by atoms with Crippen molar-refractivity contribution in [1.29, 1.82) is 0 Å². The molecule has 1 aliphatic heterocycles. The maximum atomic E-state index is 11.9. The van der Waals surface area contributed by atoms with Gasteiger partial charge in [-0.1, -0.05) is 0 Å². The second-order valence-corrected chi connectivity index (χ2v) is 6.54. The van der Waals surface area contributed by atoms with Gasteiger partial charge in [0.25, 0.3) is 6.01 Å². The van der Waals surface area contributed by atoms with Crippen LogP contribution in [0.3, 0.4) is 0 Å². The van der Waals surface area contributed by atoms with E-state index < -0.39 is 5.60 Å². The van der Waals surface area contributed by atoms with E-state index in [9.17, 15) is 9.59 Å². The van der Waals surface area contributed by atoms with Crippen LogP contribution >= 0.6 is 0 Å². The Hall–Kier alpha value is -2.29. The molecule has 0 N–H and O–H groups in total. The van der Waals surface area contributed by atoms with E-state index >= 15 is 0 Å². The molecule has 2 heterocycles. The zero-order chi connectivity index (χ0) is 19.0. The standard InChI is InChI=1S/C13H21N3O3.C3H7NO2/c1-10-9-14-11(18-10)15-5-7-16(8-6-15)12(17)19-13(2,3)4;1-4(3-5)6-2/h9H,5-8H2,1-4H3;3H,1-2H3. The first-order valence-electron chi connectivity index (χ1n) is 8.04. The van der Waals surface area contributed by atoms with Crippen LogP contribution in [-0.4, -0.2) is 73.4 Å². The SMILES string of the molecule is CON(C)C=O.Cc1cnc(N2CCN(C(=O)OC(C)(C)C)CC2)o1. The lowest BCUT2D eigenvalue weighted by molar-refractivity contribution is -0.153. The minimum atomic E-state index is -0.450. The van der Waals surface area contributed by atoms with E-state index in [4.69, 9.17) is 9.15 Å². The van der Waals surface area contributed by atoms with Crippen LogP contribution in [0.4, 0.5) is 10.8 Å². The summed E-state index contributed by atoms with van der Waals surface area (Å²) in [6, 6.07) is 0.626. The van der Waals surface area contributed by atoms with Crippen molar-refractivity contribution >= 4 is 18.5 Å². The number of hydrogen-bond donors (Lipinski definition) is 0. The molecule has 1 fully saturated rings. The number of carbonyl (C=O) groups excluding carboxylic acids is 2. The van der Waals surface area contributed by atoms with E-state index in [-0.39, 0.29) is 6.09 Å². The number of piperazine rings is 1. The third-order valence-electron chi connectivity index (χ3n) is 3.25. The molecule has 9 heteroatoms. The second kappa shape index (κ2) is 9.26. The fourth-order valence-corrected chi connectivity index (χ4v) is 1.94. The van der Waals surface area contributed by atoms with Gasteiger partial charge in [0, 0.05) is 33.2 Å². The van der Waals surface area contributed by atoms with Crippen molar-refractivity contribution < 1.29 is 23.6 Å². The summed E-state index contributed by atoms with van der Waals surface area (Å²) in [4.78, 5) is 33.8. The number of rotatable bonds is 3. The molecule has 0 unspecified atom stereocenters. The molecule has 0 bridgehead atoms. The van der Waals surface area contributed by atoms with Crippen LogP contribution in [0.2, 0.25) is 0 Å². The zero-order valence-electron chi connectivity index (χ0n) is 15.8. The number of aryl methyl sites for hydroxylation is 1. The highest BCUT2D eigenvalue weighted by atomic mass is 16.7. The lowest BCUT2D eigenvalue weighted by Gasteiger charge is -2.34. The third-order valence-corrected chi connectivity index (χ3v) is 3.25. The molecule has 0 saturated carbocycles. The minimum Gasteiger partial charge on any atom is -0.444 e. The van der Waals surface area contributed by atoms with Crippen LogP contribution in [0.5, 0.6) is 0 Å². The molecule has 1 aliphatic rings. The number of ether oxygens (including phenoxy) is 1. The Bertz CT molecular complexity index is 547. The molecule has 1 aromatic heterocycles. The van der Waals surface area contributed by atoms with E-state index in [0.717, 1.165) is 10.8 Å². The molecule has 2 amide bonds. The fraction of sp³-hybridized carbons (Fsp3) is 0.688. The first kappa shape index (κ1) is 20.8. The minimum absolute atomic E-state index is 0.254. The van der Waals surface area contributed by atoms with Gasteiger partial charge in [0.1, 0.15) is 11.4 Å². The predicted molar refractivity (Wildman–Crippen MR) is 92.1 cm³/mol. The summed E-state index contributed by atoms with van der Waals surface area (Å²) in [6.07, 6.45) is 2.03. The molecule has 25 heavy (non-hydrogen) atoms. The Balaban J connectivity index is 0.000000450. The summed E-state index contributed by atoms with van der Waals surface area (Å²) in [5.74, 6) is 0.796. The van der Waals surface area contributed by atoms with E-state index in [2.05, 4.69) is 9.82 Å². The largest absolute Gasteiger partial charge is 0.444 e. The van der Waals surface area contributed by atoms with Gasteiger partial charge in [-0.25, -0.2) is 14.8 Å².